The number of rotatable bonds is 5. The average molecular weight is 1480 g/mol. The van der Waals surface area contributed by atoms with Gasteiger partial charge in [0.2, 0.25) is 15.9 Å². The number of amides is 1. The molecule has 96 heavy (non-hydrogen) atoms. The molecule has 0 aliphatic heterocycles. The van der Waals surface area contributed by atoms with Gasteiger partial charge in [0.25, 0.3) is 10.1 Å². The number of aryl methyl sites for hydroxylation is 1. The van der Waals surface area contributed by atoms with Crippen molar-refractivity contribution >= 4 is 75.9 Å². The number of Topliss-reactive ketones (excluding diaryl/α,β-unsaturated/α-hetero) is 1. The van der Waals surface area contributed by atoms with E-state index in [1.54, 1.807) is 94.6 Å². The van der Waals surface area contributed by atoms with Gasteiger partial charge in [0.1, 0.15) is 15.6 Å². The predicted molar refractivity (Wildman–Crippen MR) is 398 cm³/mol. The van der Waals surface area contributed by atoms with Gasteiger partial charge in [0.05, 0.1) is 89.0 Å². The van der Waals surface area contributed by atoms with Crippen LogP contribution in [0.5, 0.6) is 0 Å². The highest BCUT2D eigenvalue weighted by atomic mass is 32.3. The lowest BCUT2D eigenvalue weighted by molar-refractivity contribution is -0.818. The fourth-order valence-corrected chi connectivity index (χ4v) is 1.51. The third-order valence-electron chi connectivity index (χ3n) is 5.91. The van der Waals surface area contributed by atoms with Gasteiger partial charge in [-0.2, -0.15) is 16.8 Å². The number of nitrogens with one attached hydrogen (secondary N) is 1. The van der Waals surface area contributed by atoms with E-state index in [0.29, 0.717) is 5.56 Å². The molecule has 28 nitrogen and oxygen atoms in total. The fourth-order valence-electron chi connectivity index (χ4n) is 1.38. The summed E-state index contributed by atoms with van der Waals surface area (Å²) in [6.07, 6.45) is 4.84. The number of aliphatic imine (C=N–C) groups is 1. The third-order valence-corrected chi connectivity index (χ3v) is 8.08. The Hall–Kier alpha value is -5.36. The van der Waals surface area contributed by atoms with Crippen LogP contribution in [-0.2, 0) is 91.0 Å². The zero-order valence-corrected chi connectivity index (χ0v) is 70.3. The van der Waals surface area contributed by atoms with E-state index < -0.39 is 46.5 Å². The number of sulfone groups is 1. The molecule has 0 saturated carbocycles. The molecule has 32 heteroatoms. The number of carbonyl (C=O) groups excluding carboxylic acids is 5. The number of aliphatic hydroxyl groups excluding tert-OH is 1. The van der Waals surface area contributed by atoms with Gasteiger partial charge < -0.3 is 53.2 Å². The molecule has 582 valence electrons. The van der Waals surface area contributed by atoms with E-state index in [1.807, 2.05) is 64.2 Å². The fraction of sp³-hybridized carbons (Fsp3) is 0.688. The molecule has 1 amide bonds. The van der Waals surface area contributed by atoms with Crippen LogP contribution < -0.4 is 4.72 Å². The molecule has 0 heterocycles. The molecule has 0 atom stereocenters. The summed E-state index contributed by atoms with van der Waals surface area (Å²) in [5.41, 5.74) is 5.89. The van der Waals surface area contributed by atoms with Crippen LogP contribution in [0.15, 0.2) is 76.8 Å². The van der Waals surface area contributed by atoms with Crippen molar-refractivity contribution in [3.8, 4) is 0 Å². The van der Waals surface area contributed by atoms with Crippen molar-refractivity contribution < 1.29 is 104 Å². The molecule has 0 aliphatic carbocycles. The maximum Gasteiger partial charge on any atom is 0.507 e. The van der Waals surface area contributed by atoms with Gasteiger partial charge in [-0.1, -0.05) is 106 Å². The lowest BCUT2D eigenvalue weighted by Crippen LogP contribution is -2.25. The third kappa shape index (κ3) is 342. The number of quaternary nitrogens is 1. The standard InChI is InChI=1S/C8H8O2.C7H8.C6H12.C4H9NO.C4H9N.C4H10.C3H9NO.C3H9N.C3H6O3.C3H6O2.C3H8O.C3H6O.C3H8.C2H7NO2S.C2H6O4S.C2H6O3S.C2H6O2S.C2H6O/c1-10-8(9)7-5-3-2-4-6-7;1-7-5-3-2-4-6-7;1-5(2)6(3)4;1-4(6)5(2)3;1-4(2)5-3;1-4(2)3;1-4(2,3)5;1-4(2)3;1-5-3(4)6-2;1-3(4)5-2;2*1-3(2)4;1-3-2;1-3-6(2,4)5;1-5-7(3,4)6-2;1-5-6(2,3)4;1-5(2,3)4;1-3-2/h2-6H,1H3;2-6H,1H3;1-4H3;1-3H3;1-3H3;4H,1-3H3;1-3H3;1-3H3;1-2H3;1-2H3;3-4H,1-2H3;1-2H3;3H2,1-2H3;3H,1-2H3;1-2H3;1-2H3;1-2H3;1-2H3. The number of allylic oxidation sites excluding steroid dienone is 2. The maximum absolute atomic E-state index is 10.8. The topological polar surface area (TPSA) is 370 Å². The Bertz CT molecular complexity index is 2400. The second kappa shape index (κ2) is 91.7. The SMILES string of the molecule is CC(=O)N(C)C.CC(C)=C(C)C.CC(C)=O.CC(C)C.CC(C)O.CCC.CN(C)C.CN=C(C)C.CNS(C)(=O)=O.COC.COC(=O)OC.COC(=O)c1ccccc1.COC(C)=O.COS(=O)(=O)OC.COS(C)(=O)=O.CS(C)(=O)=O.C[N+](C)(C)[O-].Cc1ccccc1. The highest BCUT2D eigenvalue weighted by Crippen LogP contribution is 1.99. The van der Waals surface area contributed by atoms with E-state index in [0.717, 1.165) is 58.0 Å². The molecule has 2 aromatic rings. The Morgan fingerprint density at radius 1 is 0.573 bits per heavy atom. The van der Waals surface area contributed by atoms with E-state index in [9.17, 15) is 62.9 Å². The van der Waals surface area contributed by atoms with Gasteiger partial charge >= 0.3 is 28.5 Å². The van der Waals surface area contributed by atoms with Crippen LogP contribution >= 0.6 is 0 Å². The van der Waals surface area contributed by atoms with E-state index in [1.165, 1.54) is 91.2 Å². The number of esters is 2. The Morgan fingerprint density at radius 3 is 0.823 bits per heavy atom. The van der Waals surface area contributed by atoms with Crippen molar-refractivity contribution in [1.29, 1.82) is 0 Å². The number of ether oxygens (including phenoxy) is 5. The van der Waals surface area contributed by atoms with Gasteiger partial charge in [-0.15, -0.1) is 0 Å². The first-order valence-corrected chi connectivity index (χ1v) is 36.1. The molecule has 2 aromatic carbocycles. The zero-order chi connectivity index (χ0) is 81.4. The largest absolute Gasteiger partial charge is 0.633 e. The number of nitrogens with zero attached hydrogens (tertiary/aromatic N) is 4. The van der Waals surface area contributed by atoms with E-state index in [2.05, 4.69) is 127 Å². The van der Waals surface area contributed by atoms with Crippen LogP contribution in [0.4, 0.5) is 4.79 Å². The summed E-state index contributed by atoms with van der Waals surface area (Å²) in [5.74, 6) is 0.556. The molecule has 2 N–H and O–H groups in total. The predicted octanol–water partition coefficient (Wildman–Crippen LogP) is 10.2. The summed E-state index contributed by atoms with van der Waals surface area (Å²) < 4.78 is 113. The van der Waals surface area contributed by atoms with E-state index in [-0.39, 0.29) is 34.4 Å². The molecule has 0 aromatic heterocycles. The second-order valence-corrected chi connectivity index (χ2v) is 28.7. The van der Waals surface area contributed by atoms with Crippen molar-refractivity contribution in [3.63, 3.8) is 0 Å². The molecule has 0 aliphatic rings. The molecule has 0 spiro atoms. The number of aliphatic hydroxyl groups is 1. The number of methoxy groups -OCH3 is 5. The van der Waals surface area contributed by atoms with Crippen LogP contribution in [0.1, 0.15) is 140 Å². The molecular weight excluding hydrogens is 1330 g/mol. The van der Waals surface area contributed by atoms with Crippen molar-refractivity contribution in [2.24, 2.45) is 10.9 Å². The quantitative estimate of drug-likeness (QED) is 0.0534. The zero-order valence-electron chi connectivity index (χ0n) is 67.0. The molecular formula is C64H139N5O23S4. The summed E-state index contributed by atoms with van der Waals surface area (Å²) in [5, 5.41) is 18.1. The van der Waals surface area contributed by atoms with Crippen LogP contribution in [0.2, 0.25) is 0 Å². The summed E-state index contributed by atoms with van der Waals surface area (Å²) in [4.78, 5) is 57.0. The van der Waals surface area contributed by atoms with Crippen molar-refractivity contribution in [1.82, 2.24) is 14.5 Å². The first-order valence-electron chi connectivity index (χ1n) is 28.7. The Morgan fingerprint density at radius 2 is 0.760 bits per heavy atom. The summed E-state index contributed by atoms with van der Waals surface area (Å²) in [6, 6.07) is 19.1. The minimum absolute atomic E-state index is 0.0926. The summed E-state index contributed by atoms with van der Waals surface area (Å²) in [7, 11) is 16.6. The molecule has 0 radical (unpaired) electrons. The van der Waals surface area contributed by atoms with Crippen molar-refractivity contribution in [2.45, 2.75) is 137 Å². The number of carbonyl (C=O) groups is 5. The molecule has 0 bridgehead atoms. The summed E-state index contributed by atoms with van der Waals surface area (Å²) >= 11 is 0. The highest BCUT2D eigenvalue weighted by Gasteiger charge is 2.02. The minimum atomic E-state index is -3.66. The Kier molecular flexibility index (Phi) is 125. The second-order valence-electron chi connectivity index (χ2n) is 21.3. The minimum Gasteiger partial charge on any atom is -0.633 e. The van der Waals surface area contributed by atoms with Crippen LogP contribution in [0.25, 0.3) is 0 Å². The van der Waals surface area contributed by atoms with Gasteiger partial charge in [-0.05, 0) is 122 Å². The number of hydrogen-bond donors (Lipinski definition) is 2. The normalized spacial score (nSPS) is 9.02. The summed E-state index contributed by atoms with van der Waals surface area (Å²) in [6.45, 7) is 34.6. The van der Waals surface area contributed by atoms with Crippen molar-refractivity contribution in [3.05, 3.63) is 88.1 Å². The van der Waals surface area contributed by atoms with Crippen LogP contribution in [0.3, 0.4) is 0 Å². The monoisotopic (exact) mass is 1470 g/mol. The highest BCUT2D eigenvalue weighted by molar-refractivity contribution is 7.90. The Balaban J connectivity index is -0.0000000508. The number of sulfonamides is 1. The maximum atomic E-state index is 10.8. The smallest absolute Gasteiger partial charge is 0.507 e. The Labute approximate surface area is 586 Å². The number of hydroxylamine groups is 3. The molecule has 2 rings (SSSR count). The van der Waals surface area contributed by atoms with Gasteiger partial charge in [0.15, 0.2) is 0 Å². The van der Waals surface area contributed by atoms with E-state index >= 15 is 0 Å². The molecule has 0 fully saturated rings. The van der Waals surface area contributed by atoms with Crippen molar-refractivity contribution in [2.75, 3.05) is 159 Å². The number of benzene rings is 2. The first-order chi connectivity index (χ1) is 42.9. The lowest BCUT2D eigenvalue weighted by atomic mass is 10.2. The van der Waals surface area contributed by atoms with E-state index in [4.69, 9.17) is 5.11 Å². The average Bonchev–Trinajstić information content (AvgIpc) is 1.64. The van der Waals surface area contributed by atoms with Crippen LogP contribution in [0, 0.1) is 18.0 Å². The van der Waals surface area contributed by atoms with Gasteiger partial charge in [-0.25, -0.2) is 31.1 Å². The van der Waals surface area contributed by atoms with Gasteiger partial charge in [0, 0.05) is 73.5 Å². The number of ketones is 1. The first kappa shape index (κ1) is 131. The number of hydrogen-bond acceptors (Lipinski definition) is 25. The lowest BCUT2D eigenvalue weighted by Gasteiger charge is -2.27. The van der Waals surface area contributed by atoms with Gasteiger partial charge in [-0.3, -0.25) is 27.1 Å². The molecule has 0 unspecified atom stereocenters. The molecule has 0 saturated heterocycles. The van der Waals surface area contributed by atoms with Crippen LogP contribution in [-0.4, -0.2) is 254 Å².